The van der Waals surface area contributed by atoms with E-state index in [0.717, 1.165) is 11.1 Å². The summed E-state index contributed by atoms with van der Waals surface area (Å²) >= 11 is 0. The van der Waals surface area contributed by atoms with Crippen LogP contribution in [0.2, 0.25) is 0 Å². The molecule has 2 rings (SSSR count). The highest BCUT2D eigenvalue weighted by molar-refractivity contribution is 5.73. The van der Waals surface area contributed by atoms with E-state index in [4.69, 9.17) is 29.6 Å². The van der Waals surface area contributed by atoms with Crippen molar-refractivity contribution in [1.29, 1.82) is 0 Å². The van der Waals surface area contributed by atoms with Crippen LogP contribution in [0.25, 0.3) is 0 Å². The van der Waals surface area contributed by atoms with E-state index < -0.39 is 28.6 Å². The second kappa shape index (κ2) is 11.4. The van der Waals surface area contributed by atoms with Crippen molar-refractivity contribution >= 4 is 11.9 Å². The molecule has 2 aromatic carbocycles. The fourth-order valence-corrected chi connectivity index (χ4v) is 2.96. The van der Waals surface area contributed by atoms with E-state index >= 15 is 0 Å². The zero-order valence-corrected chi connectivity index (χ0v) is 20.0. The maximum Gasteiger partial charge on any atom is 0.346 e. The Morgan fingerprint density at radius 3 is 1.27 bits per heavy atom. The summed E-state index contributed by atoms with van der Waals surface area (Å²) in [6, 6.07) is 18.7. The van der Waals surface area contributed by atoms with Gasteiger partial charge in [-0.1, -0.05) is 74.5 Å². The smallest absolute Gasteiger partial charge is 0.269 e. The van der Waals surface area contributed by atoms with Crippen molar-refractivity contribution < 1.29 is 39.2 Å². The van der Waals surface area contributed by atoms with Crippen LogP contribution in [0.3, 0.4) is 0 Å². The molecule has 0 N–H and O–H groups in total. The number of carbonyl (C=O) groups is 2. The summed E-state index contributed by atoms with van der Waals surface area (Å²) in [5, 5.41) is 9.40. The Balaban J connectivity index is 1.72. The number of benzene rings is 2. The molecule has 0 fully saturated rings. The van der Waals surface area contributed by atoms with Gasteiger partial charge in [0.2, 0.25) is 0 Å². The van der Waals surface area contributed by atoms with Gasteiger partial charge in [0.25, 0.3) is 0 Å². The summed E-state index contributed by atoms with van der Waals surface area (Å²) in [7, 11) is 0. The molecule has 2 aromatic rings. The van der Waals surface area contributed by atoms with Gasteiger partial charge < -0.3 is 0 Å². The molecule has 0 aromatic heterocycles. The summed E-state index contributed by atoms with van der Waals surface area (Å²) in [5.41, 5.74) is -0.744. The number of rotatable bonds is 12. The topological polar surface area (TPSA) is 89.5 Å². The molecule has 8 heteroatoms. The summed E-state index contributed by atoms with van der Waals surface area (Å²) in [4.78, 5) is 44.2. The molecule has 0 radical (unpaired) electrons. The van der Waals surface area contributed by atoms with Gasteiger partial charge in [0.1, 0.15) is 11.2 Å². The van der Waals surface area contributed by atoms with E-state index in [-0.39, 0.29) is 12.8 Å². The molecule has 180 valence electrons. The maximum absolute atomic E-state index is 12.1. The van der Waals surface area contributed by atoms with Crippen molar-refractivity contribution in [2.45, 2.75) is 65.6 Å². The number of hydrogen-bond acceptors (Lipinski definition) is 8. The third-order valence-corrected chi connectivity index (χ3v) is 4.92. The standard InChI is InChI=1S/C25H32O8/c1-23(2,17-21(26)28-32-30-24(3,4)19-13-9-7-10-14-19)18-22(27)29-33-31-25(5,6)20-15-11-8-12-16-20/h7-16H,17-18H2,1-6H3. The number of hydrogen-bond donors (Lipinski definition) is 0. The van der Waals surface area contributed by atoms with Gasteiger partial charge in [0.05, 0.1) is 12.8 Å². The fraction of sp³-hybridized carbons (Fsp3) is 0.440. The highest BCUT2D eigenvalue weighted by Gasteiger charge is 2.30. The van der Waals surface area contributed by atoms with Crippen molar-refractivity contribution in [2.24, 2.45) is 5.41 Å². The molecule has 0 spiro atoms. The van der Waals surface area contributed by atoms with Crippen LogP contribution in [-0.4, -0.2) is 11.9 Å². The van der Waals surface area contributed by atoms with Gasteiger partial charge in [-0.05, 0) is 54.3 Å². The Kier molecular flexibility index (Phi) is 9.13. The van der Waals surface area contributed by atoms with Gasteiger partial charge in [-0.25, -0.2) is 9.59 Å². The lowest BCUT2D eigenvalue weighted by atomic mass is 9.86. The predicted octanol–water partition coefficient (Wildman–Crippen LogP) is 5.48. The Labute approximate surface area is 194 Å². The molecule has 0 atom stereocenters. The van der Waals surface area contributed by atoms with Crippen molar-refractivity contribution in [2.75, 3.05) is 0 Å². The first-order valence-corrected chi connectivity index (χ1v) is 10.6. The Hall–Kier alpha value is -2.78. The van der Waals surface area contributed by atoms with Gasteiger partial charge in [-0.15, -0.1) is 0 Å². The Morgan fingerprint density at radius 1 is 0.606 bits per heavy atom. The molecule has 0 aliphatic heterocycles. The van der Waals surface area contributed by atoms with Crippen LogP contribution in [0, 0.1) is 5.41 Å². The molecule has 0 saturated heterocycles. The van der Waals surface area contributed by atoms with Gasteiger partial charge in [-0.2, -0.15) is 9.78 Å². The first kappa shape index (κ1) is 26.5. The van der Waals surface area contributed by atoms with Gasteiger partial charge >= 0.3 is 11.9 Å². The van der Waals surface area contributed by atoms with Crippen molar-refractivity contribution in [3.8, 4) is 0 Å². The van der Waals surface area contributed by atoms with Crippen molar-refractivity contribution in [1.82, 2.24) is 0 Å². The third-order valence-electron chi connectivity index (χ3n) is 4.92. The normalized spacial score (nSPS) is 12.3. The van der Waals surface area contributed by atoms with Crippen LogP contribution in [0.5, 0.6) is 0 Å². The molecule has 0 heterocycles. The SMILES string of the molecule is CC(C)(CC(=O)OOOC(C)(C)c1ccccc1)CC(=O)OOOC(C)(C)c1ccccc1. The summed E-state index contributed by atoms with van der Waals surface area (Å²) in [6.07, 6.45) is -0.235. The van der Waals surface area contributed by atoms with E-state index in [1.807, 2.05) is 60.7 Å². The minimum absolute atomic E-state index is 0.117. The average Bonchev–Trinajstić information content (AvgIpc) is 2.74. The van der Waals surface area contributed by atoms with Crippen molar-refractivity contribution in [3.05, 3.63) is 71.8 Å². The second-order valence-electron chi connectivity index (χ2n) is 9.48. The van der Waals surface area contributed by atoms with E-state index in [1.54, 1.807) is 41.5 Å². The zero-order chi connectivity index (χ0) is 24.5. The van der Waals surface area contributed by atoms with Gasteiger partial charge in [0, 0.05) is 0 Å². The molecule has 0 saturated carbocycles. The minimum Gasteiger partial charge on any atom is -0.269 e. The Morgan fingerprint density at radius 2 is 0.939 bits per heavy atom. The zero-order valence-electron chi connectivity index (χ0n) is 20.0. The molecular formula is C25H32O8. The molecule has 0 aliphatic carbocycles. The first-order valence-electron chi connectivity index (χ1n) is 10.6. The lowest BCUT2D eigenvalue weighted by Gasteiger charge is -2.24. The predicted molar refractivity (Wildman–Crippen MR) is 118 cm³/mol. The lowest BCUT2D eigenvalue weighted by molar-refractivity contribution is -0.521. The van der Waals surface area contributed by atoms with E-state index in [9.17, 15) is 9.59 Å². The summed E-state index contributed by atoms with van der Waals surface area (Å²) in [6.45, 7) is 10.5. The van der Waals surface area contributed by atoms with Crippen LogP contribution >= 0.6 is 0 Å². The molecular weight excluding hydrogens is 428 g/mol. The second-order valence-corrected chi connectivity index (χ2v) is 9.48. The first-order chi connectivity index (χ1) is 15.4. The molecule has 33 heavy (non-hydrogen) atoms. The molecule has 8 nitrogen and oxygen atoms in total. The summed E-state index contributed by atoms with van der Waals surface area (Å²) in [5.74, 6) is -1.39. The lowest BCUT2D eigenvalue weighted by Crippen LogP contribution is -2.27. The minimum atomic E-state index is -0.828. The van der Waals surface area contributed by atoms with Crippen LogP contribution in [0.4, 0.5) is 0 Å². The van der Waals surface area contributed by atoms with Crippen LogP contribution in [0.15, 0.2) is 60.7 Å². The molecule has 0 amide bonds. The summed E-state index contributed by atoms with van der Waals surface area (Å²) < 4.78 is 0. The highest BCUT2D eigenvalue weighted by atomic mass is 17.5. The molecule has 0 bridgehead atoms. The fourth-order valence-electron chi connectivity index (χ4n) is 2.96. The quantitative estimate of drug-likeness (QED) is 0.304. The van der Waals surface area contributed by atoms with E-state index in [1.165, 1.54) is 0 Å². The number of carbonyl (C=O) groups excluding carboxylic acids is 2. The van der Waals surface area contributed by atoms with Crippen molar-refractivity contribution in [3.63, 3.8) is 0 Å². The van der Waals surface area contributed by atoms with E-state index in [2.05, 4.69) is 0 Å². The van der Waals surface area contributed by atoms with Crippen LogP contribution in [0.1, 0.15) is 65.5 Å². The third kappa shape index (κ3) is 8.94. The molecule has 0 aliphatic rings. The van der Waals surface area contributed by atoms with Crippen LogP contribution < -0.4 is 0 Å². The van der Waals surface area contributed by atoms with Crippen LogP contribution in [-0.2, 0) is 50.4 Å². The maximum atomic E-state index is 12.1. The highest BCUT2D eigenvalue weighted by Crippen LogP contribution is 2.29. The monoisotopic (exact) mass is 460 g/mol. The van der Waals surface area contributed by atoms with Gasteiger partial charge in [0.15, 0.2) is 0 Å². The molecule has 0 unspecified atom stereocenters. The van der Waals surface area contributed by atoms with Gasteiger partial charge in [-0.3, -0.25) is 9.78 Å². The average molecular weight is 461 g/mol. The largest absolute Gasteiger partial charge is 0.346 e. The van der Waals surface area contributed by atoms with E-state index in [0.29, 0.717) is 0 Å². The Bertz CT molecular complexity index is 818.